The van der Waals surface area contributed by atoms with E-state index in [4.69, 9.17) is 9.47 Å². The molecule has 0 atom stereocenters. The Labute approximate surface area is 143 Å². The molecule has 0 saturated carbocycles. The molecule has 0 N–H and O–H groups in total. The van der Waals surface area contributed by atoms with Crippen molar-refractivity contribution >= 4 is 0 Å². The highest BCUT2D eigenvalue weighted by Crippen LogP contribution is 2.30. The van der Waals surface area contributed by atoms with E-state index in [2.05, 4.69) is 74.5 Å². The molecule has 0 aliphatic carbocycles. The lowest BCUT2D eigenvalue weighted by Gasteiger charge is -2.10. The summed E-state index contributed by atoms with van der Waals surface area (Å²) in [6, 6.07) is 21.2. The van der Waals surface area contributed by atoms with Crippen LogP contribution < -0.4 is 9.47 Å². The Morgan fingerprint density at radius 1 is 0.500 bits per heavy atom. The van der Waals surface area contributed by atoms with Crippen LogP contribution in [0, 0.1) is 13.8 Å². The normalized spacial score (nSPS) is 10.5. The lowest BCUT2D eigenvalue weighted by molar-refractivity contribution is 0.412. The molecule has 3 aromatic rings. The molecule has 0 fully saturated rings. The zero-order valence-corrected chi connectivity index (χ0v) is 14.6. The summed E-state index contributed by atoms with van der Waals surface area (Å²) < 4.78 is 10.8. The number of hydrogen-bond acceptors (Lipinski definition) is 2. The largest absolute Gasteiger partial charge is 0.496 e. The van der Waals surface area contributed by atoms with Crippen molar-refractivity contribution in [1.82, 2.24) is 0 Å². The van der Waals surface area contributed by atoms with Gasteiger partial charge in [0, 0.05) is 0 Å². The van der Waals surface area contributed by atoms with Gasteiger partial charge >= 0.3 is 0 Å². The fourth-order valence-electron chi connectivity index (χ4n) is 2.85. The fraction of sp³-hybridized carbons (Fsp3) is 0.182. The molecule has 0 amide bonds. The second kappa shape index (κ2) is 6.79. The first-order chi connectivity index (χ1) is 11.6. The number of hydrogen-bond donors (Lipinski definition) is 0. The summed E-state index contributed by atoms with van der Waals surface area (Å²) in [6.07, 6.45) is 0. The van der Waals surface area contributed by atoms with Gasteiger partial charge in [-0.15, -0.1) is 0 Å². The Morgan fingerprint density at radius 3 is 1.17 bits per heavy atom. The third-order valence-corrected chi connectivity index (χ3v) is 4.37. The van der Waals surface area contributed by atoms with Crippen LogP contribution >= 0.6 is 0 Å². The van der Waals surface area contributed by atoms with Crippen molar-refractivity contribution in [2.75, 3.05) is 14.2 Å². The van der Waals surface area contributed by atoms with Crippen molar-refractivity contribution in [1.29, 1.82) is 0 Å². The molecule has 0 aromatic heterocycles. The zero-order valence-electron chi connectivity index (χ0n) is 14.6. The average Bonchev–Trinajstić information content (AvgIpc) is 2.63. The third kappa shape index (κ3) is 3.13. The molecule has 0 unspecified atom stereocenters. The second-order valence-corrected chi connectivity index (χ2v) is 5.95. The van der Waals surface area contributed by atoms with Crippen LogP contribution in [-0.2, 0) is 0 Å². The first kappa shape index (κ1) is 16.1. The summed E-state index contributed by atoms with van der Waals surface area (Å²) in [6.45, 7) is 4.10. The Morgan fingerprint density at radius 2 is 0.833 bits per heavy atom. The second-order valence-electron chi connectivity index (χ2n) is 5.95. The molecule has 0 heterocycles. The summed E-state index contributed by atoms with van der Waals surface area (Å²) in [5.41, 5.74) is 6.96. The molecule has 0 radical (unpaired) electrons. The van der Waals surface area contributed by atoms with E-state index >= 15 is 0 Å². The van der Waals surface area contributed by atoms with E-state index in [1.54, 1.807) is 14.2 Å². The van der Waals surface area contributed by atoms with Gasteiger partial charge in [-0.05, 0) is 59.4 Å². The van der Waals surface area contributed by atoms with Gasteiger partial charge in [0.05, 0.1) is 14.2 Å². The van der Waals surface area contributed by atoms with Crippen LogP contribution in [0.15, 0.2) is 60.7 Å². The molecule has 122 valence electrons. The minimum absolute atomic E-state index is 0.917. The maximum Gasteiger partial charge on any atom is 0.122 e. The van der Waals surface area contributed by atoms with E-state index < -0.39 is 0 Å². The number of rotatable bonds is 4. The van der Waals surface area contributed by atoms with E-state index in [-0.39, 0.29) is 0 Å². The quantitative estimate of drug-likeness (QED) is 0.618. The van der Waals surface area contributed by atoms with Crippen LogP contribution in [-0.4, -0.2) is 14.2 Å². The molecule has 3 aromatic carbocycles. The molecule has 3 rings (SSSR count). The highest BCUT2D eigenvalue weighted by Gasteiger charge is 2.05. The summed E-state index contributed by atoms with van der Waals surface area (Å²) in [5.74, 6) is 1.83. The topological polar surface area (TPSA) is 18.5 Å². The Hall–Kier alpha value is -2.74. The van der Waals surface area contributed by atoms with Gasteiger partial charge < -0.3 is 9.47 Å². The van der Waals surface area contributed by atoms with Crippen LogP contribution in [0.1, 0.15) is 11.1 Å². The van der Waals surface area contributed by atoms with Gasteiger partial charge in [0.15, 0.2) is 0 Å². The molecule has 0 bridgehead atoms. The van der Waals surface area contributed by atoms with Crippen LogP contribution in [0.3, 0.4) is 0 Å². The molecule has 2 nitrogen and oxygen atoms in total. The van der Waals surface area contributed by atoms with Crippen molar-refractivity contribution in [3.05, 3.63) is 71.8 Å². The lowest BCUT2D eigenvalue weighted by Crippen LogP contribution is -1.89. The van der Waals surface area contributed by atoms with E-state index in [0.717, 1.165) is 33.8 Å². The minimum atomic E-state index is 0.917. The van der Waals surface area contributed by atoms with Crippen molar-refractivity contribution in [2.45, 2.75) is 13.8 Å². The van der Waals surface area contributed by atoms with Gasteiger partial charge in [-0.25, -0.2) is 0 Å². The molecular weight excluding hydrogens is 296 g/mol. The highest BCUT2D eigenvalue weighted by molar-refractivity contribution is 5.72. The van der Waals surface area contributed by atoms with Crippen LogP contribution in [0.2, 0.25) is 0 Å². The molecule has 0 saturated heterocycles. The predicted octanol–water partition coefficient (Wildman–Crippen LogP) is 5.65. The van der Waals surface area contributed by atoms with Gasteiger partial charge in [-0.3, -0.25) is 0 Å². The van der Waals surface area contributed by atoms with Crippen molar-refractivity contribution in [3.63, 3.8) is 0 Å². The Kier molecular flexibility index (Phi) is 4.57. The molecule has 24 heavy (non-hydrogen) atoms. The molecule has 2 heteroatoms. The Bertz CT molecular complexity index is 776. The highest BCUT2D eigenvalue weighted by atomic mass is 16.5. The first-order valence-corrected chi connectivity index (χ1v) is 8.02. The number of aryl methyl sites for hydroxylation is 2. The Balaban J connectivity index is 1.93. The third-order valence-electron chi connectivity index (χ3n) is 4.37. The number of benzene rings is 3. The van der Waals surface area contributed by atoms with Gasteiger partial charge in [-0.2, -0.15) is 0 Å². The van der Waals surface area contributed by atoms with Gasteiger partial charge in [0.2, 0.25) is 0 Å². The van der Waals surface area contributed by atoms with Crippen molar-refractivity contribution in [2.24, 2.45) is 0 Å². The van der Waals surface area contributed by atoms with Gasteiger partial charge in [0.25, 0.3) is 0 Å². The maximum absolute atomic E-state index is 5.42. The standard InChI is InChI=1S/C22H22O2/c1-15-5-7-19(13-21(15)23-3)17-9-11-18(12-10-17)20-8-6-16(2)22(14-20)24-4/h5-14H,1-4H3. The van der Waals surface area contributed by atoms with Crippen molar-refractivity contribution < 1.29 is 9.47 Å². The van der Waals surface area contributed by atoms with Crippen LogP contribution in [0.25, 0.3) is 22.3 Å². The van der Waals surface area contributed by atoms with E-state index in [0.29, 0.717) is 0 Å². The number of ether oxygens (including phenoxy) is 2. The zero-order chi connectivity index (χ0) is 17.1. The monoisotopic (exact) mass is 318 g/mol. The number of methoxy groups -OCH3 is 2. The minimum Gasteiger partial charge on any atom is -0.496 e. The summed E-state index contributed by atoms with van der Waals surface area (Å²) >= 11 is 0. The molecule has 0 spiro atoms. The summed E-state index contributed by atoms with van der Waals surface area (Å²) in [7, 11) is 3.42. The van der Waals surface area contributed by atoms with E-state index in [1.165, 1.54) is 11.1 Å². The predicted molar refractivity (Wildman–Crippen MR) is 99.9 cm³/mol. The molecular formula is C22H22O2. The molecule has 0 aliphatic heterocycles. The van der Waals surface area contributed by atoms with Gasteiger partial charge in [-0.1, -0.05) is 48.5 Å². The van der Waals surface area contributed by atoms with Crippen LogP contribution in [0.5, 0.6) is 11.5 Å². The SMILES string of the molecule is COc1cc(-c2ccc(-c3ccc(C)c(OC)c3)cc2)ccc1C. The fourth-order valence-corrected chi connectivity index (χ4v) is 2.85. The van der Waals surface area contributed by atoms with Gasteiger partial charge in [0.1, 0.15) is 11.5 Å². The smallest absolute Gasteiger partial charge is 0.122 e. The van der Waals surface area contributed by atoms with E-state index in [1.807, 2.05) is 0 Å². The summed E-state index contributed by atoms with van der Waals surface area (Å²) in [5, 5.41) is 0. The van der Waals surface area contributed by atoms with Crippen LogP contribution in [0.4, 0.5) is 0 Å². The molecule has 0 aliphatic rings. The van der Waals surface area contributed by atoms with Crippen molar-refractivity contribution in [3.8, 4) is 33.8 Å². The average molecular weight is 318 g/mol. The van der Waals surface area contributed by atoms with E-state index in [9.17, 15) is 0 Å². The summed E-state index contributed by atoms with van der Waals surface area (Å²) in [4.78, 5) is 0. The lowest BCUT2D eigenvalue weighted by atomic mass is 9.98. The maximum atomic E-state index is 5.42. The first-order valence-electron chi connectivity index (χ1n) is 8.02.